The minimum Gasteiger partial charge on any atom is -0.339 e. The molecule has 0 bridgehead atoms. The molecule has 2 rings (SSSR count). The van der Waals surface area contributed by atoms with Crippen molar-refractivity contribution in [1.29, 1.82) is 0 Å². The molecule has 5 heteroatoms. The molecule has 110 valence electrons. The molecule has 0 unspecified atom stereocenters. The van der Waals surface area contributed by atoms with Gasteiger partial charge in [-0.05, 0) is 49.2 Å². The zero-order valence-corrected chi connectivity index (χ0v) is 11.7. The van der Waals surface area contributed by atoms with Crippen LogP contribution >= 0.6 is 0 Å². The monoisotopic (exact) mass is 290 g/mol. The number of hydrogen-bond acceptors (Lipinski definition) is 2. The van der Waals surface area contributed by atoms with Crippen LogP contribution in [-0.2, 0) is 6.42 Å². The van der Waals surface area contributed by atoms with E-state index in [9.17, 15) is 13.6 Å². The highest BCUT2D eigenvalue weighted by molar-refractivity contribution is 5.94. The minimum atomic E-state index is -0.705. The molecule has 0 saturated carbocycles. The standard InChI is InChI=1S/C16H16F2N2O/c1-2-20(10-7-12-5-8-19-9-6-12)16(21)14-11-13(17)3-4-15(14)18/h3-6,8-9,11H,2,7,10H2,1H3. The van der Waals surface area contributed by atoms with Crippen LogP contribution in [0.5, 0.6) is 0 Å². The quantitative estimate of drug-likeness (QED) is 0.848. The van der Waals surface area contributed by atoms with Crippen molar-refractivity contribution >= 4 is 5.91 Å². The Bertz CT molecular complexity index is 617. The molecule has 3 nitrogen and oxygen atoms in total. The maximum absolute atomic E-state index is 13.7. The van der Waals surface area contributed by atoms with Gasteiger partial charge in [-0.25, -0.2) is 8.78 Å². The molecule has 1 amide bonds. The van der Waals surface area contributed by atoms with Crippen molar-refractivity contribution in [2.24, 2.45) is 0 Å². The summed E-state index contributed by atoms with van der Waals surface area (Å²) in [6.07, 6.45) is 4.00. The molecular weight excluding hydrogens is 274 g/mol. The van der Waals surface area contributed by atoms with Crippen LogP contribution in [0.3, 0.4) is 0 Å². The van der Waals surface area contributed by atoms with Gasteiger partial charge in [0.1, 0.15) is 11.6 Å². The second kappa shape index (κ2) is 6.92. The van der Waals surface area contributed by atoms with Gasteiger partial charge < -0.3 is 4.90 Å². The highest BCUT2D eigenvalue weighted by Gasteiger charge is 2.18. The Hall–Kier alpha value is -2.30. The molecule has 0 spiro atoms. The molecule has 2 aromatic rings. The topological polar surface area (TPSA) is 33.2 Å². The molecule has 1 aromatic carbocycles. The van der Waals surface area contributed by atoms with Gasteiger partial charge in [-0.3, -0.25) is 9.78 Å². The van der Waals surface area contributed by atoms with Gasteiger partial charge in [0.2, 0.25) is 0 Å². The van der Waals surface area contributed by atoms with Gasteiger partial charge in [-0.2, -0.15) is 0 Å². The average Bonchev–Trinajstić information content (AvgIpc) is 2.51. The molecule has 0 aliphatic carbocycles. The number of carbonyl (C=O) groups is 1. The summed E-state index contributed by atoms with van der Waals surface area (Å²) in [5.74, 6) is -1.82. The van der Waals surface area contributed by atoms with Crippen molar-refractivity contribution in [3.63, 3.8) is 0 Å². The van der Waals surface area contributed by atoms with E-state index in [0.29, 0.717) is 19.5 Å². The lowest BCUT2D eigenvalue weighted by Crippen LogP contribution is -2.33. The first kappa shape index (κ1) is 15.1. The van der Waals surface area contributed by atoms with Gasteiger partial charge in [0, 0.05) is 25.5 Å². The summed E-state index contributed by atoms with van der Waals surface area (Å²) >= 11 is 0. The summed E-state index contributed by atoms with van der Waals surface area (Å²) in [6, 6.07) is 6.63. The van der Waals surface area contributed by atoms with E-state index in [2.05, 4.69) is 4.98 Å². The number of carbonyl (C=O) groups excluding carboxylic acids is 1. The molecule has 21 heavy (non-hydrogen) atoms. The summed E-state index contributed by atoms with van der Waals surface area (Å²) in [7, 11) is 0. The SMILES string of the molecule is CCN(CCc1ccncc1)C(=O)c1cc(F)ccc1F. The Morgan fingerprint density at radius 2 is 1.90 bits per heavy atom. The number of benzene rings is 1. The molecular formula is C16H16F2N2O. The Balaban J connectivity index is 2.10. The summed E-state index contributed by atoms with van der Waals surface area (Å²) < 4.78 is 26.8. The molecule has 0 N–H and O–H groups in total. The van der Waals surface area contributed by atoms with Gasteiger partial charge in [0.15, 0.2) is 0 Å². The minimum absolute atomic E-state index is 0.230. The summed E-state index contributed by atoms with van der Waals surface area (Å²) in [5.41, 5.74) is 0.808. The summed E-state index contributed by atoms with van der Waals surface area (Å²) in [5, 5.41) is 0. The fourth-order valence-electron chi connectivity index (χ4n) is 2.05. The van der Waals surface area contributed by atoms with E-state index < -0.39 is 17.5 Å². The van der Waals surface area contributed by atoms with Crippen LogP contribution in [-0.4, -0.2) is 28.9 Å². The molecule has 0 radical (unpaired) electrons. The van der Waals surface area contributed by atoms with E-state index in [0.717, 1.165) is 23.8 Å². The second-order valence-corrected chi connectivity index (χ2v) is 4.61. The van der Waals surface area contributed by atoms with Crippen molar-refractivity contribution in [3.8, 4) is 0 Å². The number of aromatic nitrogens is 1. The number of nitrogens with zero attached hydrogens (tertiary/aromatic N) is 2. The molecule has 1 aromatic heterocycles. The van der Waals surface area contributed by atoms with E-state index in [1.54, 1.807) is 12.4 Å². The number of halogens is 2. The van der Waals surface area contributed by atoms with Crippen LogP contribution < -0.4 is 0 Å². The van der Waals surface area contributed by atoms with E-state index >= 15 is 0 Å². The third kappa shape index (κ3) is 3.84. The van der Waals surface area contributed by atoms with Crippen LogP contribution in [0.2, 0.25) is 0 Å². The Morgan fingerprint density at radius 1 is 1.19 bits per heavy atom. The van der Waals surface area contributed by atoms with Crippen LogP contribution in [0.15, 0.2) is 42.7 Å². The van der Waals surface area contributed by atoms with Crippen molar-refractivity contribution < 1.29 is 13.6 Å². The number of rotatable bonds is 5. The van der Waals surface area contributed by atoms with Gasteiger partial charge in [-0.1, -0.05) is 0 Å². The first-order valence-electron chi connectivity index (χ1n) is 6.75. The maximum atomic E-state index is 13.7. The number of amides is 1. The molecule has 1 heterocycles. The third-order valence-electron chi connectivity index (χ3n) is 3.25. The highest BCUT2D eigenvalue weighted by atomic mass is 19.1. The first-order valence-corrected chi connectivity index (χ1v) is 6.75. The number of hydrogen-bond donors (Lipinski definition) is 0. The molecule has 0 aliphatic rings. The fourth-order valence-corrected chi connectivity index (χ4v) is 2.05. The van der Waals surface area contributed by atoms with Crippen LogP contribution in [0.1, 0.15) is 22.8 Å². The normalized spacial score (nSPS) is 10.4. The van der Waals surface area contributed by atoms with E-state index in [-0.39, 0.29) is 5.56 Å². The number of pyridine rings is 1. The Kier molecular flexibility index (Phi) is 4.98. The van der Waals surface area contributed by atoms with E-state index in [1.165, 1.54) is 4.90 Å². The molecule has 0 atom stereocenters. The predicted molar refractivity (Wildman–Crippen MR) is 75.9 cm³/mol. The lowest BCUT2D eigenvalue weighted by Gasteiger charge is -2.21. The highest BCUT2D eigenvalue weighted by Crippen LogP contribution is 2.13. The van der Waals surface area contributed by atoms with Crippen molar-refractivity contribution in [1.82, 2.24) is 9.88 Å². The zero-order valence-electron chi connectivity index (χ0n) is 11.7. The van der Waals surface area contributed by atoms with Crippen LogP contribution in [0, 0.1) is 11.6 Å². The van der Waals surface area contributed by atoms with Crippen LogP contribution in [0.25, 0.3) is 0 Å². The third-order valence-corrected chi connectivity index (χ3v) is 3.25. The number of likely N-dealkylation sites (N-methyl/N-ethyl adjacent to an activating group) is 1. The lowest BCUT2D eigenvalue weighted by molar-refractivity contribution is 0.0761. The molecule has 0 fully saturated rings. The molecule has 0 aliphatic heterocycles. The van der Waals surface area contributed by atoms with Gasteiger partial charge in [0.05, 0.1) is 5.56 Å². The zero-order chi connectivity index (χ0) is 15.2. The van der Waals surface area contributed by atoms with Crippen molar-refractivity contribution in [3.05, 3.63) is 65.5 Å². The summed E-state index contributed by atoms with van der Waals surface area (Å²) in [6.45, 7) is 2.68. The van der Waals surface area contributed by atoms with E-state index in [4.69, 9.17) is 0 Å². The first-order chi connectivity index (χ1) is 10.1. The van der Waals surface area contributed by atoms with Crippen LogP contribution in [0.4, 0.5) is 8.78 Å². The van der Waals surface area contributed by atoms with Gasteiger partial charge >= 0.3 is 0 Å². The summed E-state index contributed by atoms with van der Waals surface area (Å²) in [4.78, 5) is 17.7. The smallest absolute Gasteiger partial charge is 0.256 e. The largest absolute Gasteiger partial charge is 0.339 e. The van der Waals surface area contributed by atoms with Crippen molar-refractivity contribution in [2.75, 3.05) is 13.1 Å². The Morgan fingerprint density at radius 3 is 2.57 bits per heavy atom. The van der Waals surface area contributed by atoms with Crippen molar-refractivity contribution in [2.45, 2.75) is 13.3 Å². The average molecular weight is 290 g/mol. The second-order valence-electron chi connectivity index (χ2n) is 4.61. The fraction of sp³-hybridized carbons (Fsp3) is 0.250. The lowest BCUT2D eigenvalue weighted by atomic mass is 10.1. The Labute approximate surface area is 122 Å². The molecule has 0 saturated heterocycles. The maximum Gasteiger partial charge on any atom is 0.256 e. The van der Waals surface area contributed by atoms with E-state index in [1.807, 2.05) is 19.1 Å². The predicted octanol–water partition coefficient (Wildman–Crippen LogP) is 3.06. The van der Waals surface area contributed by atoms with Gasteiger partial charge in [-0.15, -0.1) is 0 Å². The van der Waals surface area contributed by atoms with Gasteiger partial charge in [0.25, 0.3) is 5.91 Å².